The molecule has 0 spiro atoms. The predicted octanol–water partition coefficient (Wildman–Crippen LogP) is 2.11. The molecule has 1 aromatic carbocycles. The monoisotopic (exact) mass is 276 g/mol. The lowest BCUT2D eigenvalue weighted by atomic mass is 10.1. The van der Waals surface area contributed by atoms with Crippen LogP contribution in [0.5, 0.6) is 5.75 Å². The predicted molar refractivity (Wildman–Crippen MR) is 80.1 cm³/mol. The van der Waals surface area contributed by atoms with Crippen LogP contribution in [0.25, 0.3) is 0 Å². The largest absolute Gasteiger partial charge is 0.497 e. The molecule has 0 atom stereocenters. The standard InChI is InChI=1S/C13H16N4OS/c1-8-12(7-17(2)16-8)15-11-6-9(18-3)4-5-10(11)13(14)19/h4-7,15H,1-3H3,(H2,14,19). The minimum Gasteiger partial charge on any atom is -0.497 e. The Bertz CT molecular complexity index is 621. The number of nitrogens with zero attached hydrogens (tertiary/aromatic N) is 2. The van der Waals surface area contributed by atoms with E-state index in [2.05, 4.69) is 10.4 Å². The van der Waals surface area contributed by atoms with Gasteiger partial charge >= 0.3 is 0 Å². The zero-order valence-corrected chi connectivity index (χ0v) is 11.9. The molecule has 2 aromatic rings. The maximum atomic E-state index is 5.73. The van der Waals surface area contributed by atoms with Gasteiger partial charge in [-0.15, -0.1) is 0 Å². The average Bonchev–Trinajstić information content (AvgIpc) is 2.67. The van der Waals surface area contributed by atoms with Gasteiger partial charge in [0, 0.05) is 24.9 Å². The third-order valence-corrected chi connectivity index (χ3v) is 2.99. The van der Waals surface area contributed by atoms with Crippen molar-refractivity contribution in [2.24, 2.45) is 12.8 Å². The number of benzene rings is 1. The summed E-state index contributed by atoms with van der Waals surface area (Å²) in [5, 5.41) is 7.57. The van der Waals surface area contributed by atoms with Gasteiger partial charge in [0.05, 0.1) is 24.2 Å². The number of nitrogens with two attached hydrogens (primary N) is 1. The van der Waals surface area contributed by atoms with E-state index >= 15 is 0 Å². The van der Waals surface area contributed by atoms with E-state index in [4.69, 9.17) is 22.7 Å². The number of hydrogen-bond acceptors (Lipinski definition) is 4. The van der Waals surface area contributed by atoms with Gasteiger partial charge in [-0.3, -0.25) is 4.68 Å². The van der Waals surface area contributed by atoms with Gasteiger partial charge in [-0.05, 0) is 19.1 Å². The molecule has 0 saturated heterocycles. The van der Waals surface area contributed by atoms with Crippen LogP contribution in [0.3, 0.4) is 0 Å². The highest BCUT2D eigenvalue weighted by Gasteiger charge is 2.10. The van der Waals surface area contributed by atoms with Crippen molar-refractivity contribution >= 4 is 28.6 Å². The van der Waals surface area contributed by atoms with Gasteiger partial charge in [-0.2, -0.15) is 5.10 Å². The van der Waals surface area contributed by atoms with Crippen molar-refractivity contribution in [3.8, 4) is 5.75 Å². The second-order valence-electron chi connectivity index (χ2n) is 4.20. The van der Waals surface area contributed by atoms with E-state index < -0.39 is 0 Å². The Kier molecular flexibility index (Phi) is 3.71. The van der Waals surface area contributed by atoms with Crippen molar-refractivity contribution in [2.75, 3.05) is 12.4 Å². The van der Waals surface area contributed by atoms with E-state index in [-0.39, 0.29) is 0 Å². The molecular formula is C13H16N4OS. The molecule has 19 heavy (non-hydrogen) atoms. The molecule has 0 radical (unpaired) electrons. The topological polar surface area (TPSA) is 65.1 Å². The summed E-state index contributed by atoms with van der Waals surface area (Å²) in [6.45, 7) is 1.93. The molecule has 0 aliphatic rings. The van der Waals surface area contributed by atoms with Crippen LogP contribution in [0.1, 0.15) is 11.3 Å². The fraction of sp³-hybridized carbons (Fsp3) is 0.231. The number of rotatable bonds is 4. The molecule has 0 amide bonds. The van der Waals surface area contributed by atoms with Gasteiger partial charge < -0.3 is 15.8 Å². The first-order valence-corrected chi connectivity index (χ1v) is 6.17. The maximum absolute atomic E-state index is 5.73. The molecule has 5 nitrogen and oxygen atoms in total. The first-order chi connectivity index (χ1) is 9.01. The van der Waals surface area contributed by atoms with E-state index in [9.17, 15) is 0 Å². The number of anilines is 2. The Morgan fingerprint density at radius 2 is 2.16 bits per heavy atom. The Hall–Kier alpha value is -2.08. The summed E-state index contributed by atoms with van der Waals surface area (Å²) in [6, 6.07) is 5.53. The zero-order valence-electron chi connectivity index (χ0n) is 11.1. The van der Waals surface area contributed by atoms with Gasteiger partial charge in [0.1, 0.15) is 10.7 Å². The van der Waals surface area contributed by atoms with Crippen molar-refractivity contribution in [1.82, 2.24) is 9.78 Å². The second kappa shape index (κ2) is 5.27. The SMILES string of the molecule is COc1ccc(C(N)=S)c(Nc2cn(C)nc2C)c1. The van der Waals surface area contributed by atoms with Crippen LogP contribution in [-0.2, 0) is 7.05 Å². The Morgan fingerprint density at radius 3 is 2.68 bits per heavy atom. The molecule has 0 aliphatic carbocycles. The molecule has 0 unspecified atom stereocenters. The summed E-state index contributed by atoms with van der Waals surface area (Å²) in [5.74, 6) is 0.740. The van der Waals surface area contributed by atoms with Gasteiger partial charge in [-0.25, -0.2) is 0 Å². The van der Waals surface area contributed by atoms with E-state index in [1.807, 2.05) is 38.4 Å². The van der Waals surface area contributed by atoms with Gasteiger partial charge in [0.15, 0.2) is 0 Å². The highest BCUT2D eigenvalue weighted by atomic mass is 32.1. The molecule has 3 N–H and O–H groups in total. The quantitative estimate of drug-likeness (QED) is 0.837. The lowest BCUT2D eigenvalue weighted by molar-refractivity contribution is 0.415. The molecule has 0 saturated carbocycles. The van der Waals surface area contributed by atoms with Crippen LogP contribution < -0.4 is 15.8 Å². The Labute approximate surface area is 117 Å². The van der Waals surface area contributed by atoms with Crippen molar-refractivity contribution in [3.05, 3.63) is 35.7 Å². The maximum Gasteiger partial charge on any atom is 0.120 e. The van der Waals surface area contributed by atoms with Crippen molar-refractivity contribution in [3.63, 3.8) is 0 Å². The van der Waals surface area contributed by atoms with Gasteiger partial charge in [0.25, 0.3) is 0 Å². The van der Waals surface area contributed by atoms with Crippen molar-refractivity contribution in [2.45, 2.75) is 6.92 Å². The van der Waals surface area contributed by atoms with Crippen LogP contribution in [0.2, 0.25) is 0 Å². The second-order valence-corrected chi connectivity index (χ2v) is 4.64. The summed E-state index contributed by atoms with van der Waals surface area (Å²) in [4.78, 5) is 0.340. The van der Waals surface area contributed by atoms with E-state index in [1.165, 1.54) is 0 Å². The molecular weight excluding hydrogens is 260 g/mol. The third kappa shape index (κ3) is 2.85. The van der Waals surface area contributed by atoms with Crippen molar-refractivity contribution in [1.29, 1.82) is 0 Å². The highest BCUT2D eigenvalue weighted by Crippen LogP contribution is 2.27. The van der Waals surface area contributed by atoms with Crippen LogP contribution in [0.4, 0.5) is 11.4 Å². The van der Waals surface area contributed by atoms with Gasteiger partial charge in [0.2, 0.25) is 0 Å². The Morgan fingerprint density at radius 1 is 1.42 bits per heavy atom. The minimum absolute atomic E-state index is 0.340. The number of aryl methyl sites for hydroxylation is 2. The first-order valence-electron chi connectivity index (χ1n) is 5.76. The number of ether oxygens (including phenoxy) is 1. The summed E-state index contributed by atoms with van der Waals surface area (Å²) in [6.07, 6.45) is 1.90. The molecule has 2 rings (SSSR count). The zero-order chi connectivity index (χ0) is 14.0. The molecule has 1 heterocycles. The molecule has 0 bridgehead atoms. The van der Waals surface area contributed by atoms with Crippen molar-refractivity contribution < 1.29 is 4.74 Å². The number of nitrogens with one attached hydrogen (secondary N) is 1. The smallest absolute Gasteiger partial charge is 0.120 e. The lowest BCUT2D eigenvalue weighted by Gasteiger charge is -2.12. The fourth-order valence-electron chi connectivity index (χ4n) is 1.84. The number of methoxy groups -OCH3 is 1. The number of thiocarbonyl (C=S) groups is 1. The summed E-state index contributed by atoms with van der Waals surface area (Å²) < 4.78 is 6.97. The van der Waals surface area contributed by atoms with E-state index in [1.54, 1.807) is 11.8 Å². The average molecular weight is 276 g/mol. The number of aromatic nitrogens is 2. The molecule has 0 fully saturated rings. The summed E-state index contributed by atoms with van der Waals surface area (Å²) in [7, 11) is 3.49. The van der Waals surface area contributed by atoms with Crippen LogP contribution in [0, 0.1) is 6.92 Å². The molecule has 6 heteroatoms. The van der Waals surface area contributed by atoms with E-state index in [0.29, 0.717) is 4.99 Å². The van der Waals surface area contributed by atoms with Crippen LogP contribution >= 0.6 is 12.2 Å². The van der Waals surface area contributed by atoms with Gasteiger partial charge in [-0.1, -0.05) is 12.2 Å². The summed E-state index contributed by atoms with van der Waals surface area (Å²) in [5.41, 5.74) is 9.13. The van der Waals surface area contributed by atoms with E-state index in [0.717, 1.165) is 28.4 Å². The van der Waals surface area contributed by atoms with Crippen LogP contribution in [0.15, 0.2) is 24.4 Å². The summed E-state index contributed by atoms with van der Waals surface area (Å²) >= 11 is 5.06. The molecule has 100 valence electrons. The molecule has 1 aromatic heterocycles. The fourth-order valence-corrected chi connectivity index (χ4v) is 2.01. The van der Waals surface area contributed by atoms with Crippen LogP contribution in [-0.4, -0.2) is 21.9 Å². The lowest BCUT2D eigenvalue weighted by Crippen LogP contribution is -2.12. The minimum atomic E-state index is 0.340. The number of hydrogen-bond donors (Lipinski definition) is 2. The first kappa shape index (κ1) is 13.4. The molecule has 0 aliphatic heterocycles. The third-order valence-electron chi connectivity index (χ3n) is 2.77. The highest BCUT2D eigenvalue weighted by molar-refractivity contribution is 7.80. The Balaban J connectivity index is 2.42. The normalized spacial score (nSPS) is 10.3.